The number of hydroxylamine groups is 1. The molecule has 1 atom stereocenters. The average molecular weight is 551 g/mol. The lowest BCUT2D eigenvalue weighted by Gasteiger charge is -2.32. The number of anilines is 1. The van der Waals surface area contributed by atoms with Crippen molar-refractivity contribution < 1.29 is 19.1 Å². The van der Waals surface area contributed by atoms with Crippen LogP contribution in [0.3, 0.4) is 0 Å². The van der Waals surface area contributed by atoms with Crippen LogP contribution in [0, 0.1) is 5.92 Å². The second-order valence-corrected chi connectivity index (χ2v) is 10.7. The van der Waals surface area contributed by atoms with Crippen molar-refractivity contribution in [1.29, 1.82) is 0 Å². The quantitative estimate of drug-likeness (QED) is 0.257. The van der Waals surface area contributed by atoms with Gasteiger partial charge in [0.1, 0.15) is 5.75 Å². The zero-order chi connectivity index (χ0) is 27.7. The minimum absolute atomic E-state index is 0.361. The highest BCUT2D eigenvalue weighted by Crippen LogP contribution is 2.27. The van der Waals surface area contributed by atoms with Gasteiger partial charge in [-0.15, -0.1) is 0 Å². The van der Waals surface area contributed by atoms with Crippen molar-refractivity contribution in [3.63, 3.8) is 0 Å². The first kappa shape index (κ1) is 28.3. The van der Waals surface area contributed by atoms with Crippen LogP contribution in [-0.2, 0) is 22.5 Å². The van der Waals surface area contributed by atoms with E-state index in [1.165, 1.54) is 16.5 Å². The molecule has 2 aliphatic rings. The summed E-state index contributed by atoms with van der Waals surface area (Å²) in [6.07, 6.45) is 12.2. The normalized spacial score (nSPS) is 18.2. The zero-order valence-electron chi connectivity index (χ0n) is 23.7. The minimum atomic E-state index is -0.383. The number of aryl methyl sites for hydroxylation is 1. The van der Waals surface area contributed by atoms with Gasteiger partial charge in [-0.1, -0.05) is 6.92 Å². The molecule has 2 aliphatic heterocycles. The second kappa shape index (κ2) is 13.9. The molecular formula is C30H42N6O4. The first-order valence-electron chi connectivity index (χ1n) is 14.7. The maximum atomic E-state index is 12.4. The van der Waals surface area contributed by atoms with E-state index in [9.17, 15) is 4.79 Å². The Morgan fingerprint density at radius 2 is 1.98 bits per heavy atom. The number of hydrogen-bond donors (Lipinski definition) is 2. The summed E-state index contributed by atoms with van der Waals surface area (Å²) in [7, 11) is 1.72. The van der Waals surface area contributed by atoms with Crippen LogP contribution in [0.15, 0.2) is 36.8 Å². The molecule has 1 unspecified atom stereocenters. The highest BCUT2D eigenvalue weighted by Gasteiger charge is 2.22. The van der Waals surface area contributed by atoms with Crippen LogP contribution in [0.1, 0.15) is 61.4 Å². The Bertz CT molecular complexity index is 1230. The Kier molecular flexibility index (Phi) is 9.85. The fourth-order valence-corrected chi connectivity index (χ4v) is 5.55. The molecule has 1 aromatic carbocycles. The average Bonchev–Trinajstić information content (AvgIpc) is 3.35. The number of hydrogen-bond acceptors (Lipinski definition) is 8. The van der Waals surface area contributed by atoms with E-state index in [4.69, 9.17) is 14.3 Å². The summed E-state index contributed by atoms with van der Waals surface area (Å²) in [6, 6.07) is 6.38. The number of ether oxygens (including phenoxy) is 2. The molecule has 10 heteroatoms. The molecule has 0 bridgehead atoms. The predicted octanol–water partition coefficient (Wildman–Crippen LogP) is 4.09. The van der Waals surface area contributed by atoms with Gasteiger partial charge in [0.15, 0.2) is 6.29 Å². The van der Waals surface area contributed by atoms with Crippen LogP contribution < -0.4 is 20.4 Å². The minimum Gasteiger partial charge on any atom is -0.497 e. The monoisotopic (exact) mass is 550 g/mol. The van der Waals surface area contributed by atoms with Gasteiger partial charge < -0.3 is 24.3 Å². The number of carbonyl (C=O) groups excluding carboxylic acids is 1. The molecule has 10 nitrogen and oxygen atoms in total. The van der Waals surface area contributed by atoms with E-state index in [-0.39, 0.29) is 12.2 Å². The molecule has 40 heavy (non-hydrogen) atoms. The number of amides is 1. The highest BCUT2D eigenvalue weighted by atomic mass is 16.8. The largest absolute Gasteiger partial charge is 0.497 e. The Labute approximate surface area is 236 Å². The topological polar surface area (TPSA) is 103 Å². The number of carbonyl (C=O) groups is 1. The van der Waals surface area contributed by atoms with Crippen LogP contribution in [0.25, 0.3) is 10.9 Å². The standard InChI is InChI=1S/C30H42N6O4/c1-3-13-36-21-23(26-8-7-25(38-2)17-27(26)36)9-12-31-18-22-10-14-35(15-11-22)30-32-19-24(20-33-30)29(37)34-40-28-6-4-5-16-39-28/h7-8,17,19-22,28,31H,3-6,9-16,18H2,1-2H3,(H,34,37). The number of benzene rings is 1. The van der Waals surface area contributed by atoms with E-state index in [0.29, 0.717) is 24.0 Å². The lowest BCUT2D eigenvalue weighted by atomic mass is 9.97. The van der Waals surface area contributed by atoms with Crippen LogP contribution >= 0.6 is 0 Å². The zero-order valence-corrected chi connectivity index (χ0v) is 23.7. The molecule has 0 spiro atoms. The van der Waals surface area contributed by atoms with Gasteiger partial charge in [-0.05, 0) is 75.2 Å². The lowest BCUT2D eigenvalue weighted by molar-refractivity contribution is -0.186. The van der Waals surface area contributed by atoms with E-state index >= 15 is 0 Å². The SMILES string of the molecule is CCCn1cc(CCNCC2CCN(c3ncc(C(=O)NOC4CCCCO4)cn3)CC2)c2ccc(OC)cc21. The van der Waals surface area contributed by atoms with E-state index < -0.39 is 0 Å². The molecule has 1 amide bonds. The lowest BCUT2D eigenvalue weighted by Crippen LogP contribution is -2.38. The van der Waals surface area contributed by atoms with Gasteiger partial charge in [-0.2, -0.15) is 0 Å². The smallest absolute Gasteiger partial charge is 0.278 e. The molecular weight excluding hydrogens is 508 g/mol. The number of nitrogens with one attached hydrogen (secondary N) is 2. The fourth-order valence-electron chi connectivity index (χ4n) is 5.55. The highest BCUT2D eigenvalue weighted by molar-refractivity contribution is 5.92. The third-order valence-corrected chi connectivity index (χ3v) is 7.86. The molecule has 216 valence electrons. The molecule has 3 aromatic rings. The van der Waals surface area contributed by atoms with Crippen molar-refractivity contribution in [1.82, 2.24) is 25.3 Å². The van der Waals surface area contributed by atoms with Crippen LogP contribution in [0.4, 0.5) is 5.95 Å². The number of aromatic nitrogens is 3. The van der Waals surface area contributed by atoms with E-state index in [1.54, 1.807) is 19.5 Å². The third-order valence-electron chi connectivity index (χ3n) is 7.86. The van der Waals surface area contributed by atoms with Gasteiger partial charge >= 0.3 is 0 Å². The number of piperidine rings is 1. The number of methoxy groups -OCH3 is 1. The Morgan fingerprint density at radius 1 is 1.15 bits per heavy atom. The van der Waals surface area contributed by atoms with Gasteiger partial charge in [-0.25, -0.2) is 20.3 Å². The summed E-state index contributed by atoms with van der Waals surface area (Å²) in [5.74, 6) is 1.84. The Morgan fingerprint density at radius 3 is 2.70 bits per heavy atom. The number of fused-ring (bicyclic) bond motifs is 1. The first-order valence-corrected chi connectivity index (χ1v) is 14.7. The van der Waals surface area contributed by atoms with Crippen LogP contribution in [0.2, 0.25) is 0 Å². The van der Waals surface area contributed by atoms with E-state index in [0.717, 1.165) is 83.4 Å². The van der Waals surface area contributed by atoms with E-state index in [1.807, 2.05) is 0 Å². The van der Waals surface area contributed by atoms with Crippen molar-refractivity contribution >= 4 is 22.8 Å². The summed E-state index contributed by atoms with van der Waals surface area (Å²) >= 11 is 0. The fraction of sp³-hybridized carbons (Fsp3) is 0.567. The summed E-state index contributed by atoms with van der Waals surface area (Å²) in [5, 5.41) is 5.01. The van der Waals surface area contributed by atoms with Crippen molar-refractivity contribution in [3.8, 4) is 5.75 Å². The van der Waals surface area contributed by atoms with Crippen LogP contribution in [0.5, 0.6) is 5.75 Å². The van der Waals surface area contributed by atoms with Gasteiger partial charge in [0.2, 0.25) is 5.95 Å². The summed E-state index contributed by atoms with van der Waals surface area (Å²) in [4.78, 5) is 28.8. The van der Waals surface area contributed by atoms with Gasteiger partial charge in [-0.3, -0.25) is 4.79 Å². The van der Waals surface area contributed by atoms with Gasteiger partial charge in [0.25, 0.3) is 5.91 Å². The van der Waals surface area contributed by atoms with Crippen molar-refractivity contribution in [2.24, 2.45) is 5.92 Å². The Hall–Kier alpha value is -3.21. The summed E-state index contributed by atoms with van der Waals surface area (Å²) in [5.41, 5.74) is 5.47. The third kappa shape index (κ3) is 7.10. The number of nitrogens with zero attached hydrogens (tertiary/aromatic N) is 4. The van der Waals surface area contributed by atoms with Crippen molar-refractivity contribution in [3.05, 3.63) is 47.9 Å². The molecule has 2 fully saturated rings. The Balaban J connectivity index is 1.04. The molecule has 2 N–H and O–H groups in total. The number of rotatable bonds is 12. The second-order valence-electron chi connectivity index (χ2n) is 10.7. The van der Waals surface area contributed by atoms with Crippen molar-refractivity contribution in [2.75, 3.05) is 44.8 Å². The molecule has 2 aromatic heterocycles. The molecule has 4 heterocycles. The van der Waals surface area contributed by atoms with Gasteiger partial charge in [0, 0.05) is 62.7 Å². The van der Waals surface area contributed by atoms with E-state index in [2.05, 4.69) is 61.6 Å². The first-order chi connectivity index (χ1) is 19.6. The molecule has 0 aliphatic carbocycles. The molecule has 2 saturated heterocycles. The summed E-state index contributed by atoms with van der Waals surface area (Å²) in [6.45, 7) is 7.68. The summed E-state index contributed by atoms with van der Waals surface area (Å²) < 4.78 is 13.3. The van der Waals surface area contributed by atoms with Crippen LogP contribution in [-0.4, -0.2) is 66.6 Å². The van der Waals surface area contributed by atoms with Gasteiger partial charge in [0.05, 0.1) is 18.2 Å². The van der Waals surface area contributed by atoms with Crippen molar-refractivity contribution in [2.45, 2.75) is 64.7 Å². The maximum absolute atomic E-state index is 12.4. The molecule has 0 saturated carbocycles. The molecule has 0 radical (unpaired) electrons. The molecule has 5 rings (SSSR count). The maximum Gasteiger partial charge on any atom is 0.278 e. The predicted molar refractivity (Wildman–Crippen MR) is 154 cm³/mol.